The summed E-state index contributed by atoms with van der Waals surface area (Å²) in [6, 6.07) is 0. The van der Waals surface area contributed by atoms with E-state index in [4.69, 9.17) is 0 Å². The predicted molar refractivity (Wildman–Crippen MR) is 50.9 cm³/mol. The zero-order valence-electron chi connectivity index (χ0n) is 8.02. The normalized spacial score (nSPS) is 11.8. The summed E-state index contributed by atoms with van der Waals surface area (Å²) in [7, 11) is 3.58. The Labute approximate surface area is 77.1 Å². The lowest BCUT2D eigenvalue weighted by atomic mass is 10.6. The van der Waals surface area contributed by atoms with Crippen LogP contribution in [0.4, 0.5) is 0 Å². The first kappa shape index (κ1) is 11.4. The number of nitro groups is 1. The molecule has 13 heavy (non-hydrogen) atoms. The number of rotatable bonds is 5. The Balaban J connectivity index is 4.34. The second-order valence-electron chi connectivity index (χ2n) is 2.54. The Hall–Kier alpha value is -1.59. The van der Waals surface area contributed by atoms with E-state index in [9.17, 15) is 10.1 Å². The molecule has 0 aromatic rings. The van der Waals surface area contributed by atoms with E-state index in [1.807, 2.05) is 6.92 Å². The van der Waals surface area contributed by atoms with Crippen LogP contribution in [0.25, 0.3) is 0 Å². The van der Waals surface area contributed by atoms with Gasteiger partial charge < -0.3 is 10.2 Å². The number of hydrogen-bond acceptors (Lipinski definition) is 4. The summed E-state index contributed by atoms with van der Waals surface area (Å²) in [6.45, 7) is 2.45. The SMILES string of the molecule is CCNC(=C[N+](=O)[O-])N=CN(C)C. The maximum Gasteiger partial charge on any atom is 0.276 e. The molecule has 0 bridgehead atoms. The van der Waals surface area contributed by atoms with Crippen LogP contribution in [0.1, 0.15) is 6.92 Å². The van der Waals surface area contributed by atoms with Gasteiger partial charge in [-0.2, -0.15) is 0 Å². The van der Waals surface area contributed by atoms with Crippen molar-refractivity contribution in [3.63, 3.8) is 0 Å². The molecule has 0 aliphatic heterocycles. The average molecular weight is 186 g/mol. The van der Waals surface area contributed by atoms with E-state index in [1.54, 1.807) is 19.0 Å². The van der Waals surface area contributed by atoms with E-state index in [0.717, 1.165) is 6.20 Å². The molecule has 6 nitrogen and oxygen atoms in total. The Morgan fingerprint density at radius 2 is 2.31 bits per heavy atom. The minimum Gasteiger partial charge on any atom is -0.369 e. The third-order valence-corrected chi connectivity index (χ3v) is 1.01. The van der Waals surface area contributed by atoms with Crippen molar-refractivity contribution in [3.8, 4) is 0 Å². The minimum atomic E-state index is -0.537. The smallest absolute Gasteiger partial charge is 0.276 e. The summed E-state index contributed by atoms with van der Waals surface area (Å²) in [5.41, 5.74) is 0. The molecule has 0 saturated heterocycles. The van der Waals surface area contributed by atoms with Gasteiger partial charge in [0.1, 0.15) is 0 Å². The molecule has 74 valence electrons. The van der Waals surface area contributed by atoms with Gasteiger partial charge in [0.05, 0.1) is 11.3 Å². The van der Waals surface area contributed by atoms with Gasteiger partial charge in [-0.1, -0.05) is 0 Å². The van der Waals surface area contributed by atoms with Gasteiger partial charge in [-0.3, -0.25) is 10.1 Å². The van der Waals surface area contributed by atoms with Crippen molar-refractivity contribution in [2.24, 2.45) is 4.99 Å². The van der Waals surface area contributed by atoms with Crippen molar-refractivity contribution in [1.82, 2.24) is 10.2 Å². The molecule has 0 heterocycles. The molecule has 0 aliphatic rings. The number of nitrogens with zero attached hydrogens (tertiary/aromatic N) is 3. The zero-order chi connectivity index (χ0) is 10.3. The van der Waals surface area contributed by atoms with Crippen molar-refractivity contribution in [2.75, 3.05) is 20.6 Å². The van der Waals surface area contributed by atoms with Gasteiger partial charge in [-0.05, 0) is 6.92 Å². The molecular formula is C7H14N4O2. The maximum absolute atomic E-state index is 10.1. The van der Waals surface area contributed by atoms with Gasteiger partial charge in [0.2, 0.25) is 0 Å². The molecule has 6 heteroatoms. The molecule has 0 fully saturated rings. The predicted octanol–water partition coefficient (Wildman–Crippen LogP) is 0.261. The monoisotopic (exact) mass is 186 g/mol. The van der Waals surface area contributed by atoms with E-state index in [0.29, 0.717) is 6.54 Å². The average Bonchev–Trinajstić information content (AvgIpc) is 1.99. The van der Waals surface area contributed by atoms with E-state index in [2.05, 4.69) is 10.3 Å². The molecule has 0 rings (SSSR count). The topological polar surface area (TPSA) is 70.8 Å². The van der Waals surface area contributed by atoms with Crippen LogP contribution in [-0.2, 0) is 0 Å². The highest BCUT2D eigenvalue weighted by molar-refractivity contribution is 5.55. The molecule has 1 N–H and O–H groups in total. The number of aliphatic imine (C=N–C) groups is 1. The molecular weight excluding hydrogens is 172 g/mol. The minimum absolute atomic E-state index is 0.251. The first-order chi connectivity index (χ1) is 6.06. The van der Waals surface area contributed by atoms with Crippen LogP contribution in [-0.4, -0.2) is 36.8 Å². The van der Waals surface area contributed by atoms with Gasteiger partial charge in [0.25, 0.3) is 6.20 Å². The van der Waals surface area contributed by atoms with Crippen molar-refractivity contribution < 1.29 is 4.92 Å². The molecule has 0 aromatic carbocycles. The third kappa shape index (κ3) is 6.79. The fourth-order valence-electron chi connectivity index (χ4n) is 0.583. The van der Waals surface area contributed by atoms with Crippen LogP contribution in [0.15, 0.2) is 17.0 Å². The van der Waals surface area contributed by atoms with Crippen LogP contribution in [0.5, 0.6) is 0 Å². The first-order valence-corrected chi connectivity index (χ1v) is 3.86. The van der Waals surface area contributed by atoms with Crippen LogP contribution in [0, 0.1) is 10.1 Å². The lowest BCUT2D eigenvalue weighted by Crippen LogP contribution is -2.15. The molecule has 0 aromatic heterocycles. The van der Waals surface area contributed by atoms with Crippen LogP contribution < -0.4 is 5.32 Å². The van der Waals surface area contributed by atoms with Gasteiger partial charge in [-0.25, -0.2) is 4.99 Å². The summed E-state index contributed by atoms with van der Waals surface area (Å²) in [4.78, 5) is 15.2. The quantitative estimate of drug-likeness (QED) is 0.289. The molecule has 0 radical (unpaired) electrons. The fourth-order valence-corrected chi connectivity index (χ4v) is 0.583. The zero-order valence-corrected chi connectivity index (χ0v) is 8.02. The van der Waals surface area contributed by atoms with Gasteiger partial charge in [0.15, 0.2) is 5.82 Å². The summed E-state index contributed by atoms with van der Waals surface area (Å²) in [5, 5.41) is 12.9. The molecule has 0 spiro atoms. The van der Waals surface area contributed by atoms with Crippen molar-refractivity contribution in [2.45, 2.75) is 6.92 Å². The highest BCUT2D eigenvalue weighted by Gasteiger charge is 1.97. The third-order valence-electron chi connectivity index (χ3n) is 1.01. The van der Waals surface area contributed by atoms with Crippen LogP contribution >= 0.6 is 0 Å². The molecule has 0 unspecified atom stereocenters. The van der Waals surface area contributed by atoms with Crippen molar-refractivity contribution in [3.05, 3.63) is 22.1 Å². The van der Waals surface area contributed by atoms with E-state index >= 15 is 0 Å². The molecule has 0 amide bonds. The van der Waals surface area contributed by atoms with Gasteiger partial charge >= 0.3 is 0 Å². The van der Waals surface area contributed by atoms with Gasteiger partial charge in [-0.15, -0.1) is 0 Å². The summed E-state index contributed by atoms with van der Waals surface area (Å²) in [6.07, 6.45) is 2.33. The fraction of sp³-hybridized carbons (Fsp3) is 0.571. The van der Waals surface area contributed by atoms with E-state index < -0.39 is 4.92 Å². The Bertz CT molecular complexity index is 223. The Kier molecular flexibility index (Phi) is 5.25. The van der Waals surface area contributed by atoms with E-state index in [-0.39, 0.29) is 5.82 Å². The molecule has 0 aliphatic carbocycles. The Morgan fingerprint density at radius 3 is 2.69 bits per heavy atom. The number of nitrogens with one attached hydrogen (secondary N) is 1. The molecule has 0 saturated carbocycles. The lowest BCUT2D eigenvalue weighted by molar-refractivity contribution is -0.403. The van der Waals surface area contributed by atoms with Gasteiger partial charge in [0, 0.05) is 20.6 Å². The standard InChI is InChI=1S/C7H14N4O2/c1-4-8-7(5-11(12)13)9-6-10(2)3/h5-6,8H,4H2,1-3H3. The number of hydrogen-bond donors (Lipinski definition) is 1. The highest BCUT2D eigenvalue weighted by atomic mass is 16.6. The van der Waals surface area contributed by atoms with E-state index in [1.165, 1.54) is 6.34 Å². The second kappa shape index (κ2) is 5.99. The van der Waals surface area contributed by atoms with Crippen molar-refractivity contribution in [1.29, 1.82) is 0 Å². The Morgan fingerprint density at radius 1 is 1.69 bits per heavy atom. The summed E-state index contributed by atoms with van der Waals surface area (Å²) >= 11 is 0. The summed E-state index contributed by atoms with van der Waals surface area (Å²) < 4.78 is 0. The highest BCUT2D eigenvalue weighted by Crippen LogP contribution is 1.90. The maximum atomic E-state index is 10.1. The molecule has 0 atom stereocenters. The first-order valence-electron chi connectivity index (χ1n) is 3.86. The van der Waals surface area contributed by atoms with Crippen LogP contribution in [0.3, 0.4) is 0 Å². The summed E-state index contributed by atoms with van der Waals surface area (Å²) in [5.74, 6) is 0.251. The second-order valence-corrected chi connectivity index (χ2v) is 2.54. The van der Waals surface area contributed by atoms with Crippen LogP contribution in [0.2, 0.25) is 0 Å². The largest absolute Gasteiger partial charge is 0.369 e. The van der Waals surface area contributed by atoms with Crippen molar-refractivity contribution >= 4 is 6.34 Å². The lowest BCUT2D eigenvalue weighted by Gasteiger charge is -2.03.